The molecule has 0 spiro atoms. The van der Waals surface area contributed by atoms with E-state index >= 15 is 0 Å². The largest absolute Gasteiger partial charge is 0.493 e. The van der Waals surface area contributed by atoms with Crippen LogP contribution in [-0.2, 0) is 13.1 Å². The molecule has 4 N–H and O–H groups in total. The Hall–Kier alpha value is -2.59. The average Bonchev–Trinajstić information content (AvgIpc) is 3.20. The second kappa shape index (κ2) is 10.8. The van der Waals surface area contributed by atoms with Crippen molar-refractivity contribution in [2.75, 3.05) is 14.2 Å². The molecule has 1 aromatic heterocycles. The van der Waals surface area contributed by atoms with E-state index in [1.807, 2.05) is 42.5 Å². The highest BCUT2D eigenvalue weighted by Crippen LogP contribution is 2.27. The number of hydrogen-bond acceptors (Lipinski definition) is 5. The van der Waals surface area contributed by atoms with Gasteiger partial charge in [-0.1, -0.05) is 34.1 Å². The van der Waals surface area contributed by atoms with Gasteiger partial charge in [0.05, 0.1) is 27.3 Å². The summed E-state index contributed by atoms with van der Waals surface area (Å²) < 4.78 is 11.5. The van der Waals surface area contributed by atoms with Crippen molar-refractivity contribution in [1.82, 2.24) is 20.5 Å². The molecule has 3 rings (SSSR count). The first-order valence-electron chi connectivity index (χ1n) is 8.51. The maximum Gasteiger partial charge on any atom is 0.189 e. The maximum absolute atomic E-state index is 5.95. The molecule has 0 aliphatic rings. The Labute approximate surface area is 187 Å². The lowest BCUT2D eigenvalue weighted by Gasteiger charge is -2.09. The summed E-state index contributed by atoms with van der Waals surface area (Å²) in [5.41, 5.74) is 7.84. The number of rotatable bonds is 7. The van der Waals surface area contributed by atoms with Crippen LogP contribution < -0.4 is 20.5 Å². The number of nitrogens with one attached hydrogen (secondary N) is 2. The Balaban J connectivity index is 0.00000300. The summed E-state index contributed by atoms with van der Waals surface area (Å²) in [6, 6.07) is 13.4. The van der Waals surface area contributed by atoms with E-state index in [0.29, 0.717) is 42.2 Å². The van der Waals surface area contributed by atoms with E-state index in [1.54, 1.807) is 14.2 Å². The molecule has 2 aromatic carbocycles. The number of nitrogens with zero attached hydrogens (tertiary/aromatic N) is 3. The molecule has 154 valence electrons. The molecule has 0 radical (unpaired) electrons. The Morgan fingerprint density at radius 1 is 1.14 bits per heavy atom. The molecule has 0 atom stereocenters. The first kappa shape index (κ1) is 22.7. The van der Waals surface area contributed by atoms with Gasteiger partial charge in [0.15, 0.2) is 23.3 Å². The molecule has 3 aromatic rings. The van der Waals surface area contributed by atoms with Crippen LogP contribution in [-0.4, -0.2) is 35.4 Å². The van der Waals surface area contributed by atoms with Crippen LogP contribution in [0.2, 0.25) is 0 Å². The van der Waals surface area contributed by atoms with Crippen molar-refractivity contribution in [2.24, 2.45) is 10.7 Å². The molecule has 0 fully saturated rings. The van der Waals surface area contributed by atoms with Gasteiger partial charge in [-0.2, -0.15) is 5.10 Å². The standard InChI is InChI=1S/C19H21BrN6O2.BrH/c1-27-15-8-3-12(9-16(15)28-2)10-22-19(21)23-11-17-24-18(26-25-17)13-4-6-14(20)7-5-13;/h3-9H,10-11H2,1-2H3,(H3,21,22,23)(H,24,25,26);1H. The smallest absolute Gasteiger partial charge is 0.189 e. The Bertz CT molecular complexity index is 960. The minimum atomic E-state index is 0. The average molecular weight is 526 g/mol. The molecule has 8 nitrogen and oxygen atoms in total. The molecule has 0 amide bonds. The third kappa shape index (κ3) is 6.20. The van der Waals surface area contributed by atoms with Gasteiger partial charge < -0.3 is 20.5 Å². The van der Waals surface area contributed by atoms with E-state index in [0.717, 1.165) is 15.6 Å². The highest BCUT2D eigenvalue weighted by Gasteiger charge is 2.07. The molecule has 0 aliphatic carbocycles. The van der Waals surface area contributed by atoms with Gasteiger partial charge in [-0.25, -0.2) is 9.98 Å². The molecule has 0 aliphatic heterocycles. The van der Waals surface area contributed by atoms with Crippen LogP contribution in [0.15, 0.2) is 51.9 Å². The van der Waals surface area contributed by atoms with Crippen molar-refractivity contribution in [2.45, 2.75) is 13.1 Å². The molecule has 0 saturated carbocycles. The number of guanidine groups is 1. The number of H-pyrrole nitrogens is 1. The minimum absolute atomic E-state index is 0. The first-order valence-corrected chi connectivity index (χ1v) is 9.30. The van der Waals surface area contributed by atoms with Gasteiger partial charge in [0, 0.05) is 10.0 Å². The summed E-state index contributed by atoms with van der Waals surface area (Å²) in [4.78, 5) is 8.79. The molecule has 1 heterocycles. The number of ether oxygens (including phenoxy) is 2. The number of hydrogen-bond donors (Lipinski definition) is 3. The molecule has 29 heavy (non-hydrogen) atoms. The summed E-state index contributed by atoms with van der Waals surface area (Å²) in [6.45, 7) is 0.810. The number of aromatic amines is 1. The van der Waals surface area contributed by atoms with Crippen molar-refractivity contribution in [3.8, 4) is 22.9 Å². The van der Waals surface area contributed by atoms with Gasteiger partial charge in [0.2, 0.25) is 0 Å². The van der Waals surface area contributed by atoms with Gasteiger partial charge in [-0.05, 0) is 29.8 Å². The number of nitrogens with two attached hydrogens (primary N) is 1. The van der Waals surface area contributed by atoms with E-state index in [4.69, 9.17) is 15.2 Å². The molecule has 10 heteroatoms. The summed E-state index contributed by atoms with van der Waals surface area (Å²) in [5.74, 6) is 2.95. The van der Waals surface area contributed by atoms with E-state index < -0.39 is 0 Å². The van der Waals surface area contributed by atoms with Crippen molar-refractivity contribution >= 4 is 38.9 Å². The lowest BCUT2D eigenvalue weighted by Crippen LogP contribution is -2.31. The first-order chi connectivity index (χ1) is 13.6. The van der Waals surface area contributed by atoms with Crippen LogP contribution in [0.3, 0.4) is 0 Å². The van der Waals surface area contributed by atoms with Crippen LogP contribution in [0.25, 0.3) is 11.4 Å². The summed E-state index contributed by atoms with van der Waals surface area (Å²) >= 11 is 3.41. The fourth-order valence-electron chi connectivity index (χ4n) is 2.49. The lowest BCUT2D eigenvalue weighted by atomic mass is 10.2. The fraction of sp³-hybridized carbons (Fsp3) is 0.211. The molecular formula is C19H22Br2N6O2. The zero-order chi connectivity index (χ0) is 19.9. The highest BCUT2D eigenvalue weighted by atomic mass is 79.9. The third-order valence-electron chi connectivity index (χ3n) is 3.95. The van der Waals surface area contributed by atoms with Crippen LogP contribution in [0.4, 0.5) is 0 Å². The van der Waals surface area contributed by atoms with Crippen LogP contribution in [0.1, 0.15) is 11.4 Å². The summed E-state index contributed by atoms with van der Waals surface area (Å²) in [5, 5.41) is 10.1. The van der Waals surface area contributed by atoms with E-state index in [9.17, 15) is 0 Å². The highest BCUT2D eigenvalue weighted by molar-refractivity contribution is 9.10. The zero-order valence-corrected chi connectivity index (χ0v) is 19.3. The van der Waals surface area contributed by atoms with Crippen molar-refractivity contribution in [3.05, 3.63) is 58.3 Å². The van der Waals surface area contributed by atoms with Crippen LogP contribution in [0.5, 0.6) is 11.5 Å². The number of aromatic nitrogens is 3. The number of aliphatic imine (C=N–C) groups is 1. The summed E-state index contributed by atoms with van der Waals surface area (Å²) in [7, 11) is 3.20. The van der Waals surface area contributed by atoms with Gasteiger partial charge in [0.25, 0.3) is 0 Å². The third-order valence-corrected chi connectivity index (χ3v) is 4.48. The van der Waals surface area contributed by atoms with Crippen molar-refractivity contribution in [3.63, 3.8) is 0 Å². The lowest BCUT2D eigenvalue weighted by molar-refractivity contribution is 0.354. The van der Waals surface area contributed by atoms with Gasteiger partial charge in [-0.15, -0.1) is 17.0 Å². The minimum Gasteiger partial charge on any atom is -0.493 e. The van der Waals surface area contributed by atoms with Gasteiger partial charge >= 0.3 is 0 Å². The van der Waals surface area contributed by atoms with Crippen molar-refractivity contribution in [1.29, 1.82) is 0 Å². The molecule has 0 saturated heterocycles. The maximum atomic E-state index is 5.95. The second-order valence-corrected chi connectivity index (χ2v) is 6.77. The predicted molar refractivity (Wildman–Crippen MR) is 122 cm³/mol. The van der Waals surface area contributed by atoms with E-state index in [-0.39, 0.29) is 17.0 Å². The van der Waals surface area contributed by atoms with E-state index in [2.05, 4.69) is 41.4 Å². The topological polar surface area (TPSA) is 110 Å². The zero-order valence-electron chi connectivity index (χ0n) is 16.0. The Morgan fingerprint density at radius 3 is 2.55 bits per heavy atom. The predicted octanol–water partition coefficient (Wildman–Crippen LogP) is 3.43. The number of methoxy groups -OCH3 is 2. The normalized spacial score (nSPS) is 10.9. The van der Waals surface area contributed by atoms with Crippen molar-refractivity contribution < 1.29 is 9.47 Å². The SMILES string of the molecule is Br.COc1ccc(CN=C(N)NCc2nc(-c3ccc(Br)cc3)n[nH]2)cc1OC. The Kier molecular flexibility index (Phi) is 8.47. The fourth-order valence-corrected chi connectivity index (χ4v) is 2.75. The molecule has 0 bridgehead atoms. The van der Waals surface area contributed by atoms with Gasteiger partial charge in [0.1, 0.15) is 5.82 Å². The molecular weight excluding hydrogens is 504 g/mol. The van der Waals surface area contributed by atoms with Crippen LogP contribution >= 0.6 is 32.9 Å². The van der Waals surface area contributed by atoms with Crippen LogP contribution in [0, 0.1) is 0 Å². The number of halogens is 2. The van der Waals surface area contributed by atoms with Gasteiger partial charge in [-0.3, -0.25) is 5.10 Å². The summed E-state index contributed by atoms with van der Waals surface area (Å²) in [6.07, 6.45) is 0. The number of benzene rings is 2. The second-order valence-electron chi connectivity index (χ2n) is 5.86. The van der Waals surface area contributed by atoms with E-state index in [1.165, 1.54) is 0 Å². The monoisotopic (exact) mass is 524 g/mol. The Morgan fingerprint density at radius 2 is 1.86 bits per heavy atom. The quantitative estimate of drug-likeness (QED) is 0.322. The molecule has 0 unspecified atom stereocenters.